The second-order valence-corrected chi connectivity index (χ2v) is 3.87. The molecular weight excluding hydrogens is 174 g/mol. The molecule has 0 amide bonds. The number of anilines is 1. The molecule has 1 aliphatic rings. The SMILES string of the molecule is N#Cc1ccccc1NCC1(N)CC1. The summed E-state index contributed by atoms with van der Waals surface area (Å²) in [6.45, 7) is 0.756. The number of rotatable bonds is 3. The van der Waals surface area contributed by atoms with Crippen LogP contribution in [0.15, 0.2) is 24.3 Å². The molecule has 0 bridgehead atoms. The average molecular weight is 187 g/mol. The van der Waals surface area contributed by atoms with Crippen LogP contribution in [0.4, 0.5) is 5.69 Å². The Hall–Kier alpha value is -1.53. The molecule has 0 radical (unpaired) electrons. The third kappa shape index (κ3) is 1.86. The lowest BCUT2D eigenvalue weighted by atomic mass is 10.2. The van der Waals surface area contributed by atoms with Crippen LogP contribution in [0, 0.1) is 11.3 Å². The zero-order valence-corrected chi connectivity index (χ0v) is 7.96. The molecule has 0 heterocycles. The molecule has 1 fully saturated rings. The largest absolute Gasteiger partial charge is 0.382 e. The lowest BCUT2D eigenvalue weighted by Crippen LogP contribution is -2.31. The van der Waals surface area contributed by atoms with E-state index in [1.165, 1.54) is 0 Å². The third-order valence-corrected chi connectivity index (χ3v) is 2.57. The van der Waals surface area contributed by atoms with Gasteiger partial charge in [0.2, 0.25) is 0 Å². The topological polar surface area (TPSA) is 61.8 Å². The number of nitriles is 1. The van der Waals surface area contributed by atoms with E-state index in [1.807, 2.05) is 18.2 Å². The number of hydrogen-bond acceptors (Lipinski definition) is 3. The fourth-order valence-electron chi connectivity index (χ4n) is 1.34. The standard InChI is InChI=1S/C11H13N3/c12-7-9-3-1-2-4-10(9)14-8-11(13)5-6-11/h1-4,14H,5-6,8,13H2. The van der Waals surface area contributed by atoms with Crippen LogP contribution in [0.3, 0.4) is 0 Å². The van der Waals surface area contributed by atoms with Gasteiger partial charge in [-0.15, -0.1) is 0 Å². The van der Waals surface area contributed by atoms with Gasteiger partial charge >= 0.3 is 0 Å². The molecule has 0 unspecified atom stereocenters. The molecule has 0 saturated heterocycles. The summed E-state index contributed by atoms with van der Waals surface area (Å²) in [5.41, 5.74) is 7.47. The zero-order valence-electron chi connectivity index (χ0n) is 7.96. The Kier molecular flexibility index (Phi) is 2.14. The monoisotopic (exact) mass is 187 g/mol. The first-order chi connectivity index (χ1) is 6.73. The van der Waals surface area contributed by atoms with Gasteiger partial charge in [-0.05, 0) is 25.0 Å². The van der Waals surface area contributed by atoms with Crippen molar-refractivity contribution >= 4 is 5.69 Å². The lowest BCUT2D eigenvalue weighted by Gasteiger charge is -2.12. The van der Waals surface area contributed by atoms with E-state index >= 15 is 0 Å². The Balaban J connectivity index is 2.05. The van der Waals surface area contributed by atoms with Gasteiger partial charge in [0.05, 0.1) is 11.3 Å². The Labute approximate surface area is 83.5 Å². The first kappa shape index (κ1) is 9.04. The van der Waals surface area contributed by atoms with Gasteiger partial charge in [-0.25, -0.2) is 0 Å². The summed E-state index contributed by atoms with van der Waals surface area (Å²) in [4.78, 5) is 0. The summed E-state index contributed by atoms with van der Waals surface area (Å²) in [5.74, 6) is 0. The fraction of sp³-hybridized carbons (Fsp3) is 0.364. The van der Waals surface area contributed by atoms with Crippen molar-refractivity contribution in [2.75, 3.05) is 11.9 Å². The molecule has 72 valence electrons. The maximum absolute atomic E-state index is 8.84. The van der Waals surface area contributed by atoms with Crippen molar-refractivity contribution < 1.29 is 0 Å². The molecule has 14 heavy (non-hydrogen) atoms. The molecule has 0 aliphatic heterocycles. The molecule has 2 rings (SSSR count). The second-order valence-electron chi connectivity index (χ2n) is 3.87. The van der Waals surface area contributed by atoms with E-state index in [0.717, 1.165) is 25.1 Å². The van der Waals surface area contributed by atoms with Crippen LogP contribution in [0.1, 0.15) is 18.4 Å². The number of nitrogens with two attached hydrogens (primary N) is 1. The molecule has 3 heteroatoms. The highest BCUT2D eigenvalue weighted by atomic mass is 15.0. The van der Waals surface area contributed by atoms with E-state index in [-0.39, 0.29) is 5.54 Å². The van der Waals surface area contributed by atoms with E-state index < -0.39 is 0 Å². The van der Waals surface area contributed by atoms with E-state index in [0.29, 0.717) is 5.56 Å². The third-order valence-electron chi connectivity index (χ3n) is 2.57. The molecule has 1 saturated carbocycles. The summed E-state index contributed by atoms with van der Waals surface area (Å²) < 4.78 is 0. The zero-order chi connectivity index (χ0) is 10.0. The molecular formula is C11H13N3. The van der Waals surface area contributed by atoms with Gasteiger partial charge in [-0.2, -0.15) is 5.26 Å². The highest BCUT2D eigenvalue weighted by Crippen LogP contribution is 2.32. The number of benzene rings is 1. The van der Waals surface area contributed by atoms with Crippen LogP contribution < -0.4 is 11.1 Å². The van der Waals surface area contributed by atoms with Crippen LogP contribution in [0.25, 0.3) is 0 Å². The van der Waals surface area contributed by atoms with Crippen molar-refractivity contribution in [3.05, 3.63) is 29.8 Å². The lowest BCUT2D eigenvalue weighted by molar-refractivity contribution is 0.713. The van der Waals surface area contributed by atoms with Crippen LogP contribution >= 0.6 is 0 Å². The first-order valence-electron chi connectivity index (χ1n) is 4.75. The maximum Gasteiger partial charge on any atom is 0.101 e. The molecule has 3 N–H and O–H groups in total. The molecule has 0 spiro atoms. The number of nitrogens with zero attached hydrogens (tertiary/aromatic N) is 1. The van der Waals surface area contributed by atoms with Crippen molar-refractivity contribution in [1.82, 2.24) is 0 Å². The summed E-state index contributed by atoms with van der Waals surface area (Å²) in [5, 5.41) is 12.1. The van der Waals surface area contributed by atoms with Crippen LogP contribution in [0.2, 0.25) is 0 Å². The number of para-hydroxylation sites is 1. The predicted molar refractivity (Wildman–Crippen MR) is 55.8 cm³/mol. The van der Waals surface area contributed by atoms with Crippen molar-refractivity contribution in [1.29, 1.82) is 5.26 Å². The van der Waals surface area contributed by atoms with Gasteiger partial charge in [0.15, 0.2) is 0 Å². The molecule has 0 aromatic heterocycles. The van der Waals surface area contributed by atoms with Gasteiger partial charge in [-0.1, -0.05) is 12.1 Å². The Morgan fingerprint density at radius 3 is 2.79 bits per heavy atom. The smallest absolute Gasteiger partial charge is 0.101 e. The highest BCUT2D eigenvalue weighted by molar-refractivity contribution is 5.57. The van der Waals surface area contributed by atoms with Gasteiger partial charge in [0.25, 0.3) is 0 Å². The van der Waals surface area contributed by atoms with Gasteiger partial charge in [0, 0.05) is 12.1 Å². The molecule has 1 aromatic rings. The van der Waals surface area contributed by atoms with Gasteiger partial charge in [-0.3, -0.25) is 0 Å². The summed E-state index contributed by atoms with van der Waals surface area (Å²) in [7, 11) is 0. The van der Waals surface area contributed by atoms with Crippen LogP contribution in [0.5, 0.6) is 0 Å². The Morgan fingerprint density at radius 1 is 1.43 bits per heavy atom. The first-order valence-corrected chi connectivity index (χ1v) is 4.75. The van der Waals surface area contributed by atoms with Crippen LogP contribution in [-0.4, -0.2) is 12.1 Å². The quantitative estimate of drug-likeness (QED) is 0.753. The van der Waals surface area contributed by atoms with Crippen molar-refractivity contribution in [2.45, 2.75) is 18.4 Å². The predicted octanol–water partition coefficient (Wildman–Crippen LogP) is 1.46. The van der Waals surface area contributed by atoms with Crippen molar-refractivity contribution in [2.24, 2.45) is 5.73 Å². The van der Waals surface area contributed by atoms with Gasteiger partial charge in [0.1, 0.15) is 6.07 Å². The summed E-state index contributed by atoms with van der Waals surface area (Å²) in [6, 6.07) is 9.64. The maximum atomic E-state index is 8.84. The normalized spacial score (nSPS) is 17.1. The second kappa shape index (κ2) is 3.32. The minimum atomic E-state index is -0.0252. The van der Waals surface area contributed by atoms with E-state index in [9.17, 15) is 0 Å². The molecule has 1 aromatic carbocycles. The number of nitrogens with one attached hydrogen (secondary N) is 1. The summed E-state index contributed by atoms with van der Waals surface area (Å²) >= 11 is 0. The van der Waals surface area contributed by atoms with E-state index in [2.05, 4.69) is 11.4 Å². The molecule has 3 nitrogen and oxygen atoms in total. The van der Waals surface area contributed by atoms with Crippen molar-refractivity contribution in [3.63, 3.8) is 0 Å². The minimum Gasteiger partial charge on any atom is -0.382 e. The highest BCUT2D eigenvalue weighted by Gasteiger charge is 2.37. The van der Waals surface area contributed by atoms with Crippen LogP contribution in [-0.2, 0) is 0 Å². The molecule has 1 aliphatic carbocycles. The Morgan fingerprint density at radius 2 is 2.14 bits per heavy atom. The van der Waals surface area contributed by atoms with Gasteiger partial charge < -0.3 is 11.1 Å². The Bertz CT molecular complexity index is 374. The van der Waals surface area contributed by atoms with E-state index in [4.69, 9.17) is 11.0 Å². The minimum absolute atomic E-state index is 0.0252. The van der Waals surface area contributed by atoms with E-state index in [1.54, 1.807) is 6.07 Å². The summed E-state index contributed by atoms with van der Waals surface area (Å²) in [6.07, 6.45) is 2.16. The number of hydrogen-bond donors (Lipinski definition) is 2. The molecule has 0 atom stereocenters. The fourth-order valence-corrected chi connectivity index (χ4v) is 1.34. The average Bonchev–Trinajstić information content (AvgIpc) is 2.95. The van der Waals surface area contributed by atoms with Crippen molar-refractivity contribution in [3.8, 4) is 6.07 Å².